The predicted molar refractivity (Wildman–Crippen MR) is 577 cm³/mol. The van der Waals surface area contributed by atoms with Gasteiger partial charge in [-0.25, -0.2) is 0 Å². The molecule has 3 heteroatoms. The zero-order valence-corrected chi connectivity index (χ0v) is 77.5. The van der Waals surface area contributed by atoms with Crippen molar-refractivity contribution in [2.24, 2.45) is 0 Å². The average molecular weight is 1740 g/mol. The number of aromatic nitrogens is 1. The minimum atomic E-state index is -0.554. The standard InChI is InChI=1S/C52H37N.C42H33N.C39H27N/c1-51(2)45-26-14-13-25-42(45)44-32-48-50(33-47(44)51)53(36-29-30-41-39-23-10-9-21-37(39)38-22-11-12-24-40(38)43(41)31-36)49-28-16-15-27-46(49)52(48,34-17-5-3-6-18-34)35-19-7-4-8-20-35;1-41(2)35-18-10-9-17-32(35)34-24-38-40(25-37(34)41)43(39-20-12-11-19-36(39)42(38,3)4)26-21-22-31-29-15-6-5-13-27(29)28-14-7-8-16-30(28)33(31)23-26;1-39(2)34-17-9-7-15-30(34)31-21-22-36-37(38(31)39)32-16-8-10-18-35(32)40(36)24-19-20-29-27-13-4-3-11-25(27)26-12-5-6-14-28(26)33(29)23-24/h3-33H,1-2H3;5-25H,1-4H3;3-23H,1-2H3. The van der Waals surface area contributed by atoms with Crippen molar-refractivity contribution >= 4 is 153 Å². The summed E-state index contributed by atoms with van der Waals surface area (Å²) >= 11 is 0. The third-order valence-electron chi connectivity index (χ3n) is 32.1. The second-order valence-corrected chi connectivity index (χ2v) is 40.4. The van der Waals surface area contributed by atoms with Crippen LogP contribution in [0.1, 0.15) is 122 Å². The van der Waals surface area contributed by atoms with E-state index in [4.69, 9.17) is 0 Å². The Kier molecular flexibility index (Phi) is 17.2. The Labute approximate surface area is 792 Å². The van der Waals surface area contributed by atoms with Crippen molar-refractivity contribution in [2.45, 2.75) is 82.5 Å². The highest BCUT2D eigenvalue weighted by Crippen LogP contribution is 2.64. The first kappa shape index (κ1) is 79.5. The summed E-state index contributed by atoms with van der Waals surface area (Å²) < 4.78 is 2.48. The van der Waals surface area contributed by atoms with Crippen molar-refractivity contribution in [3.05, 3.63) is 510 Å². The number of hydrogen-bond donors (Lipinski definition) is 0. The van der Waals surface area contributed by atoms with Crippen molar-refractivity contribution in [1.29, 1.82) is 0 Å². The van der Waals surface area contributed by atoms with Crippen molar-refractivity contribution < 1.29 is 0 Å². The topological polar surface area (TPSA) is 11.4 Å². The maximum absolute atomic E-state index is 2.55. The van der Waals surface area contributed by atoms with Gasteiger partial charge in [-0.05, 0) is 282 Å². The molecule has 2 aliphatic heterocycles. The van der Waals surface area contributed by atoms with E-state index in [2.05, 4.69) is 513 Å². The van der Waals surface area contributed by atoms with Crippen LogP contribution in [0.25, 0.3) is 158 Å². The SMILES string of the molecule is CC1(C)c2ccccc2-c2cc3c(cc21)N(c1ccc2c4ccccc4c4ccccc4c2c1)c1ccccc1C3(C)C.CC1(C)c2ccccc2-c2cc3c(cc21)N(c1ccc2c4ccccc4c4ccccc4c2c1)c1ccccc1C3(c1ccccc1)c1ccccc1.CC1(C)c2ccccc2-c2ccc3c(c21)c1ccccc1n3-c1ccc2c3ccccc3c3ccccc3c2c1. The summed E-state index contributed by atoms with van der Waals surface area (Å²) in [6.45, 7) is 19.1. The maximum atomic E-state index is 2.55. The lowest BCUT2D eigenvalue weighted by molar-refractivity contribution is 0.627. The molecule has 5 aliphatic rings. The molecule has 3 nitrogen and oxygen atoms in total. The molecule has 0 fully saturated rings. The smallest absolute Gasteiger partial charge is 0.0742 e. The van der Waals surface area contributed by atoms with E-state index in [1.54, 1.807) is 0 Å². The first-order chi connectivity index (χ1) is 66.5. The summed E-state index contributed by atoms with van der Waals surface area (Å²) in [5, 5.41) is 26.0. The fourth-order valence-electron chi connectivity index (χ4n) is 25.8. The minimum absolute atomic E-state index is 0.0633. The van der Waals surface area contributed by atoms with Crippen LogP contribution in [0.15, 0.2) is 443 Å². The Morgan fingerprint density at radius 2 is 0.463 bits per heavy atom. The molecule has 0 radical (unpaired) electrons. The van der Waals surface area contributed by atoms with Crippen molar-refractivity contribution in [3.63, 3.8) is 0 Å². The summed E-state index contributed by atoms with van der Waals surface area (Å²) in [7, 11) is 0. The third kappa shape index (κ3) is 11.1. The summed E-state index contributed by atoms with van der Waals surface area (Å²) in [6.07, 6.45) is 0. The number of benzene rings is 23. The zero-order valence-electron chi connectivity index (χ0n) is 77.5. The average Bonchev–Trinajstić information content (AvgIpc) is 0.813. The Hall–Kier alpha value is -16.2. The number of fused-ring (bicyclic) bond motifs is 35. The van der Waals surface area contributed by atoms with Crippen LogP contribution in [0.3, 0.4) is 0 Å². The molecule has 136 heavy (non-hydrogen) atoms. The first-order valence-electron chi connectivity index (χ1n) is 48.2. The fraction of sp³-hybridized carbons (Fsp3) is 0.0977. The quantitative estimate of drug-likeness (QED) is 0.159. The van der Waals surface area contributed by atoms with Crippen LogP contribution in [-0.4, -0.2) is 4.57 Å². The summed E-state index contributed by atoms with van der Waals surface area (Å²) in [5.41, 5.74) is 34.5. The van der Waals surface area contributed by atoms with Gasteiger partial charge in [0.1, 0.15) is 0 Å². The van der Waals surface area contributed by atoms with Crippen LogP contribution in [0.5, 0.6) is 0 Å². The highest BCUT2D eigenvalue weighted by atomic mass is 15.2. The number of anilines is 6. The van der Waals surface area contributed by atoms with Gasteiger partial charge >= 0.3 is 0 Å². The molecular formula is C133H97N3. The first-order valence-corrected chi connectivity index (χ1v) is 48.2. The third-order valence-corrected chi connectivity index (χ3v) is 32.1. The van der Waals surface area contributed by atoms with Crippen LogP contribution in [-0.2, 0) is 27.1 Å². The van der Waals surface area contributed by atoms with Crippen LogP contribution < -0.4 is 9.80 Å². The van der Waals surface area contributed by atoms with Crippen LogP contribution in [0.4, 0.5) is 34.1 Å². The number of para-hydroxylation sites is 3. The van der Waals surface area contributed by atoms with E-state index in [1.807, 2.05) is 0 Å². The van der Waals surface area contributed by atoms with Gasteiger partial charge in [-0.15, -0.1) is 0 Å². The Morgan fingerprint density at radius 1 is 0.162 bits per heavy atom. The van der Waals surface area contributed by atoms with Crippen LogP contribution >= 0.6 is 0 Å². The van der Waals surface area contributed by atoms with Crippen molar-refractivity contribution in [1.82, 2.24) is 4.57 Å². The van der Waals surface area contributed by atoms with Gasteiger partial charge in [0.05, 0.1) is 39.2 Å². The molecule has 644 valence electrons. The molecule has 0 unspecified atom stereocenters. The van der Waals surface area contributed by atoms with E-state index in [9.17, 15) is 0 Å². The van der Waals surface area contributed by atoms with Gasteiger partial charge in [-0.2, -0.15) is 0 Å². The number of nitrogens with zero attached hydrogens (tertiary/aromatic N) is 3. The Morgan fingerprint density at radius 3 is 0.897 bits per heavy atom. The Balaban J connectivity index is 0.000000105. The Bertz CT molecular complexity index is 9110. The molecule has 24 aromatic rings. The van der Waals surface area contributed by atoms with E-state index >= 15 is 0 Å². The van der Waals surface area contributed by atoms with E-state index in [0.29, 0.717) is 0 Å². The lowest BCUT2D eigenvalue weighted by atomic mass is 9.62. The minimum Gasteiger partial charge on any atom is -0.310 e. The van der Waals surface area contributed by atoms with Gasteiger partial charge in [0.15, 0.2) is 0 Å². The van der Waals surface area contributed by atoms with Gasteiger partial charge in [-0.1, -0.05) is 413 Å². The molecule has 1 aromatic heterocycles. The number of rotatable bonds is 5. The lowest BCUT2D eigenvalue weighted by Gasteiger charge is -2.47. The monoisotopic (exact) mass is 1740 g/mol. The van der Waals surface area contributed by atoms with Crippen molar-refractivity contribution in [3.8, 4) is 39.1 Å². The molecule has 3 heterocycles. The second kappa shape index (κ2) is 29.4. The van der Waals surface area contributed by atoms with Crippen LogP contribution in [0.2, 0.25) is 0 Å². The number of hydrogen-bond acceptors (Lipinski definition) is 2. The molecule has 3 aliphatic carbocycles. The van der Waals surface area contributed by atoms with E-state index in [1.165, 1.54) is 253 Å². The van der Waals surface area contributed by atoms with Gasteiger partial charge in [0, 0.05) is 49.5 Å². The summed E-state index contributed by atoms with van der Waals surface area (Å²) in [5.74, 6) is 0. The zero-order chi connectivity index (χ0) is 91.0. The largest absolute Gasteiger partial charge is 0.310 e. The van der Waals surface area contributed by atoms with Crippen molar-refractivity contribution in [2.75, 3.05) is 9.80 Å². The molecule has 0 bridgehead atoms. The van der Waals surface area contributed by atoms with Gasteiger partial charge in [-0.3, -0.25) is 0 Å². The summed E-state index contributed by atoms with van der Waals surface area (Å²) in [4.78, 5) is 5.08. The molecule has 0 saturated carbocycles. The van der Waals surface area contributed by atoms with Gasteiger partial charge < -0.3 is 14.4 Å². The van der Waals surface area contributed by atoms with Gasteiger partial charge in [0.2, 0.25) is 0 Å². The van der Waals surface area contributed by atoms with E-state index < -0.39 is 5.41 Å². The molecule has 0 amide bonds. The lowest BCUT2D eigenvalue weighted by Crippen LogP contribution is -2.38. The maximum Gasteiger partial charge on any atom is 0.0742 e. The highest BCUT2D eigenvalue weighted by Gasteiger charge is 2.50. The molecular weight excluding hydrogens is 1640 g/mol. The van der Waals surface area contributed by atoms with Crippen LogP contribution in [0, 0.1) is 0 Å². The molecule has 29 rings (SSSR count). The highest BCUT2D eigenvalue weighted by molar-refractivity contribution is 6.29. The molecule has 23 aromatic carbocycles. The molecule has 0 N–H and O–H groups in total. The summed E-state index contributed by atoms with van der Waals surface area (Å²) in [6, 6.07) is 165. The predicted octanol–water partition coefficient (Wildman–Crippen LogP) is 35.7. The molecule has 0 saturated heterocycles. The van der Waals surface area contributed by atoms with E-state index in [-0.39, 0.29) is 21.7 Å². The van der Waals surface area contributed by atoms with E-state index in [0.717, 1.165) is 5.69 Å². The second-order valence-electron chi connectivity index (χ2n) is 40.4. The molecule has 0 atom stereocenters. The fourth-order valence-corrected chi connectivity index (χ4v) is 25.8. The molecule has 0 spiro atoms. The van der Waals surface area contributed by atoms with Gasteiger partial charge in [0.25, 0.3) is 0 Å². The normalized spacial score (nSPS) is 14.9.